The Labute approximate surface area is 128 Å². The summed E-state index contributed by atoms with van der Waals surface area (Å²) in [4.78, 5) is 11.6. The first kappa shape index (κ1) is 16.0. The monoisotopic (exact) mass is 303 g/mol. The van der Waals surface area contributed by atoms with E-state index in [0.717, 1.165) is 5.56 Å². The molecule has 0 aliphatic heterocycles. The molecule has 0 saturated carbocycles. The smallest absolute Gasteiger partial charge is 0.407 e. The van der Waals surface area contributed by atoms with Gasteiger partial charge in [-0.25, -0.2) is 9.18 Å². The van der Waals surface area contributed by atoms with E-state index in [2.05, 4.69) is 5.32 Å². The fourth-order valence-corrected chi connectivity index (χ4v) is 2.03. The van der Waals surface area contributed by atoms with Gasteiger partial charge in [-0.1, -0.05) is 42.5 Å². The number of aliphatic hydroxyl groups is 1. The lowest BCUT2D eigenvalue weighted by Crippen LogP contribution is -2.30. The summed E-state index contributed by atoms with van der Waals surface area (Å²) in [6.45, 7) is 0.159. The minimum absolute atomic E-state index is 0.174. The van der Waals surface area contributed by atoms with Crippen molar-refractivity contribution in [3.8, 4) is 0 Å². The summed E-state index contributed by atoms with van der Waals surface area (Å²) in [5, 5.41) is 12.0. The van der Waals surface area contributed by atoms with Crippen molar-refractivity contribution in [1.29, 1.82) is 0 Å². The molecule has 116 valence electrons. The van der Waals surface area contributed by atoms with E-state index in [0.29, 0.717) is 5.56 Å². The Morgan fingerprint density at radius 2 is 1.95 bits per heavy atom. The van der Waals surface area contributed by atoms with Crippen LogP contribution in [-0.2, 0) is 11.3 Å². The molecule has 0 aliphatic rings. The summed E-state index contributed by atoms with van der Waals surface area (Å²) >= 11 is 0. The highest BCUT2D eigenvalue weighted by Crippen LogP contribution is 2.15. The zero-order valence-electron chi connectivity index (χ0n) is 12.0. The molecule has 0 bridgehead atoms. The van der Waals surface area contributed by atoms with Gasteiger partial charge >= 0.3 is 6.09 Å². The predicted octanol–water partition coefficient (Wildman–Crippen LogP) is 2.83. The maximum Gasteiger partial charge on any atom is 0.407 e. The summed E-state index contributed by atoms with van der Waals surface area (Å²) in [7, 11) is 0. The van der Waals surface area contributed by atoms with Gasteiger partial charge in [-0.3, -0.25) is 0 Å². The van der Waals surface area contributed by atoms with Crippen LogP contribution in [0.4, 0.5) is 9.18 Å². The SMILES string of the molecule is O=C(NCC(CO)c1cccc(F)c1)OCc1ccccc1. The second-order valence-electron chi connectivity index (χ2n) is 4.88. The van der Waals surface area contributed by atoms with Crippen LogP contribution in [0.25, 0.3) is 0 Å². The quantitative estimate of drug-likeness (QED) is 0.862. The molecule has 0 heterocycles. The van der Waals surface area contributed by atoms with E-state index in [-0.39, 0.29) is 31.5 Å². The second-order valence-corrected chi connectivity index (χ2v) is 4.88. The first-order valence-electron chi connectivity index (χ1n) is 7.00. The average molecular weight is 303 g/mol. The van der Waals surface area contributed by atoms with Gasteiger partial charge < -0.3 is 15.2 Å². The number of halogens is 1. The van der Waals surface area contributed by atoms with Crippen molar-refractivity contribution in [2.45, 2.75) is 12.5 Å². The topological polar surface area (TPSA) is 58.6 Å². The molecule has 0 aromatic heterocycles. The molecule has 4 nitrogen and oxygen atoms in total. The second kappa shape index (κ2) is 8.14. The lowest BCUT2D eigenvalue weighted by atomic mass is 10.00. The fraction of sp³-hybridized carbons (Fsp3) is 0.235. The molecule has 1 amide bonds. The van der Waals surface area contributed by atoms with Crippen LogP contribution in [0.2, 0.25) is 0 Å². The maximum atomic E-state index is 13.2. The van der Waals surface area contributed by atoms with Crippen molar-refractivity contribution in [2.24, 2.45) is 0 Å². The van der Waals surface area contributed by atoms with Crippen LogP contribution in [0.3, 0.4) is 0 Å². The Bertz CT molecular complexity index is 604. The molecule has 0 aliphatic carbocycles. The lowest BCUT2D eigenvalue weighted by Gasteiger charge is -2.15. The van der Waals surface area contributed by atoms with Crippen LogP contribution in [0.1, 0.15) is 17.0 Å². The predicted molar refractivity (Wildman–Crippen MR) is 80.9 cm³/mol. The molecule has 1 atom stereocenters. The highest BCUT2D eigenvalue weighted by molar-refractivity contribution is 5.67. The summed E-state index contributed by atoms with van der Waals surface area (Å²) < 4.78 is 18.3. The van der Waals surface area contributed by atoms with Gasteiger partial charge in [0.1, 0.15) is 12.4 Å². The molecule has 0 fully saturated rings. The summed E-state index contributed by atoms with van der Waals surface area (Å²) in [5.74, 6) is -0.748. The number of amides is 1. The summed E-state index contributed by atoms with van der Waals surface area (Å²) in [6.07, 6.45) is -0.571. The molecule has 2 rings (SSSR count). The molecular weight excluding hydrogens is 285 g/mol. The Morgan fingerprint density at radius 1 is 1.18 bits per heavy atom. The molecular formula is C17H18FNO3. The van der Waals surface area contributed by atoms with Gasteiger partial charge in [-0.2, -0.15) is 0 Å². The normalized spacial score (nSPS) is 11.7. The van der Waals surface area contributed by atoms with Gasteiger partial charge in [0.05, 0.1) is 6.61 Å². The molecule has 0 radical (unpaired) electrons. The third-order valence-corrected chi connectivity index (χ3v) is 3.25. The maximum absolute atomic E-state index is 13.2. The Balaban J connectivity index is 1.81. The number of ether oxygens (including phenoxy) is 1. The van der Waals surface area contributed by atoms with Gasteiger partial charge in [0.25, 0.3) is 0 Å². The number of rotatable bonds is 6. The first-order valence-corrected chi connectivity index (χ1v) is 7.00. The number of hydrogen-bond donors (Lipinski definition) is 2. The molecule has 1 unspecified atom stereocenters. The number of hydrogen-bond acceptors (Lipinski definition) is 3. The van der Waals surface area contributed by atoms with E-state index in [9.17, 15) is 14.3 Å². The Morgan fingerprint density at radius 3 is 2.64 bits per heavy atom. The van der Waals surface area contributed by atoms with Crippen LogP contribution in [0.5, 0.6) is 0 Å². The van der Waals surface area contributed by atoms with E-state index in [1.807, 2.05) is 30.3 Å². The molecule has 2 N–H and O–H groups in total. The third-order valence-electron chi connectivity index (χ3n) is 3.25. The molecule has 2 aromatic carbocycles. The first-order chi connectivity index (χ1) is 10.7. The number of carbonyl (C=O) groups excluding carboxylic acids is 1. The van der Waals surface area contributed by atoms with Crippen molar-refractivity contribution in [3.63, 3.8) is 0 Å². The van der Waals surface area contributed by atoms with E-state index in [4.69, 9.17) is 4.74 Å². The molecule has 22 heavy (non-hydrogen) atoms. The molecule has 0 spiro atoms. The average Bonchev–Trinajstić information content (AvgIpc) is 2.54. The van der Waals surface area contributed by atoms with Crippen molar-refractivity contribution in [1.82, 2.24) is 5.32 Å². The zero-order chi connectivity index (χ0) is 15.8. The molecule has 5 heteroatoms. The summed E-state index contributed by atoms with van der Waals surface area (Å²) in [6, 6.07) is 15.3. The Kier molecular flexibility index (Phi) is 5.91. The summed E-state index contributed by atoms with van der Waals surface area (Å²) in [5.41, 5.74) is 1.52. The number of benzene rings is 2. The molecule has 2 aromatic rings. The number of alkyl carbamates (subject to hydrolysis) is 1. The highest BCUT2D eigenvalue weighted by atomic mass is 19.1. The highest BCUT2D eigenvalue weighted by Gasteiger charge is 2.13. The van der Waals surface area contributed by atoms with E-state index < -0.39 is 6.09 Å². The number of aliphatic hydroxyl groups excluding tert-OH is 1. The van der Waals surface area contributed by atoms with E-state index >= 15 is 0 Å². The van der Waals surface area contributed by atoms with Gasteiger partial charge in [0.2, 0.25) is 0 Å². The number of nitrogens with one attached hydrogen (secondary N) is 1. The van der Waals surface area contributed by atoms with Crippen LogP contribution in [0, 0.1) is 5.82 Å². The van der Waals surface area contributed by atoms with Crippen molar-refractivity contribution < 1.29 is 19.0 Å². The van der Waals surface area contributed by atoms with Crippen LogP contribution >= 0.6 is 0 Å². The number of carbonyl (C=O) groups is 1. The van der Waals surface area contributed by atoms with Gasteiger partial charge in [-0.15, -0.1) is 0 Å². The zero-order valence-corrected chi connectivity index (χ0v) is 12.0. The lowest BCUT2D eigenvalue weighted by molar-refractivity contribution is 0.137. The van der Waals surface area contributed by atoms with Crippen LogP contribution in [0.15, 0.2) is 54.6 Å². The minimum atomic E-state index is -0.571. The largest absolute Gasteiger partial charge is 0.445 e. The Hall–Kier alpha value is -2.40. The van der Waals surface area contributed by atoms with Gasteiger partial charge in [0.15, 0.2) is 0 Å². The fourth-order valence-electron chi connectivity index (χ4n) is 2.03. The van der Waals surface area contributed by atoms with Crippen molar-refractivity contribution in [3.05, 3.63) is 71.5 Å². The van der Waals surface area contributed by atoms with E-state index in [1.54, 1.807) is 12.1 Å². The third kappa shape index (κ3) is 4.86. The van der Waals surface area contributed by atoms with E-state index in [1.165, 1.54) is 12.1 Å². The van der Waals surface area contributed by atoms with Crippen LogP contribution in [-0.4, -0.2) is 24.4 Å². The van der Waals surface area contributed by atoms with Gasteiger partial charge in [-0.05, 0) is 23.3 Å². The standard InChI is InChI=1S/C17H18FNO3/c18-16-8-4-7-14(9-16)15(11-20)10-19-17(21)22-12-13-5-2-1-3-6-13/h1-9,15,20H,10-12H2,(H,19,21). The molecule has 0 saturated heterocycles. The van der Waals surface area contributed by atoms with Gasteiger partial charge in [0, 0.05) is 12.5 Å². The van der Waals surface area contributed by atoms with Crippen molar-refractivity contribution in [2.75, 3.05) is 13.2 Å². The minimum Gasteiger partial charge on any atom is -0.445 e. The van der Waals surface area contributed by atoms with Crippen molar-refractivity contribution >= 4 is 6.09 Å². The van der Waals surface area contributed by atoms with Crippen LogP contribution < -0.4 is 5.32 Å².